The highest BCUT2D eigenvalue weighted by atomic mass is 16.5. The third-order valence-electron chi connectivity index (χ3n) is 5.97. The van der Waals surface area contributed by atoms with Crippen molar-refractivity contribution in [2.75, 3.05) is 33.0 Å². The van der Waals surface area contributed by atoms with E-state index in [-0.39, 0.29) is 30.4 Å². The summed E-state index contributed by atoms with van der Waals surface area (Å²) in [5, 5.41) is 17.5. The quantitative estimate of drug-likeness (QED) is 0.183. The Bertz CT molecular complexity index is 1310. The lowest BCUT2D eigenvalue weighted by molar-refractivity contribution is -0.128. The van der Waals surface area contributed by atoms with Crippen LogP contribution >= 0.6 is 0 Å². The van der Waals surface area contributed by atoms with Gasteiger partial charge in [-0.3, -0.25) is 9.59 Å². The molecule has 0 saturated carbocycles. The van der Waals surface area contributed by atoms with Gasteiger partial charge in [0.15, 0.2) is 0 Å². The Morgan fingerprint density at radius 3 is 2.53 bits per heavy atom. The Hall–Kier alpha value is -3.82. The van der Waals surface area contributed by atoms with E-state index < -0.39 is 6.04 Å². The second-order valence-electron chi connectivity index (χ2n) is 8.50. The molecule has 190 valence electrons. The number of aromatic hydroxyl groups is 1. The van der Waals surface area contributed by atoms with Crippen LogP contribution in [0.1, 0.15) is 18.1 Å². The van der Waals surface area contributed by atoms with Gasteiger partial charge in [-0.15, -0.1) is 0 Å². The zero-order valence-corrected chi connectivity index (χ0v) is 20.3. The summed E-state index contributed by atoms with van der Waals surface area (Å²) in [5.74, 6) is -0.419. The summed E-state index contributed by atoms with van der Waals surface area (Å²) in [6, 6.07) is 12.0. The number of benzene rings is 2. The third kappa shape index (κ3) is 6.44. The number of nitrogens with one attached hydrogen (secondary N) is 4. The minimum atomic E-state index is -0.799. The molecule has 2 aromatic heterocycles. The number of hydrogen-bond acceptors (Lipinski definition) is 5. The fourth-order valence-electron chi connectivity index (χ4n) is 4.19. The van der Waals surface area contributed by atoms with Gasteiger partial charge in [0, 0.05) is 53.8 Å². The second kappa shape index (κ2) is 12.2. The van der Waals surface area contributed by atoms with Crippen molar-refractivity contribution in [1.82, 2.24) is 20.6 Å². The van der Waals surface area contributed by atoms with Gasteiger partial charge in [0.25, 0.3) is 0 Å². The molecule has 0 aliphatic rings. The molecule has 1 unspecified atom stereocenters. The average molecular weight is 493 g/mol. The van der Waals surface area contributed by atoms with Crippen LogP contribution < -0.4 is 10.6 Å². The van der Waals surface area contributed by atoms with Gasteiger partial charge >= 0.3 is 0 Å². The van der Waals surface area contributed by atoms with Crippen molar-refractivity contribution in [2.45, 2.75) is 25.8 Å². The lowest BCUT2D eigenvalue weighted by Crippen LogP contribution is -2.49. The van der Waals surface area contributed by atoms with Crippen molar-refractivity contribution in [3.8, 4) is 5.75 Å². The monoisotopic (exact) mass is 492 g/mol. The van der Waals surface area contributed by atoms with Gasteiger partial charge in [-0.2, -0.15) is 0 Å². The Morgan fingerprint density at radius 2 is 1.69 bits per heavy atom. The number of fused-ring (bicyclic) bond motifs is 2. The minimum Gasteiger partial charge on any atom is -0.508 e. The molecule has 0 aliphatic heterocycles. The Morgan fingerprint density at radius 1 is 0.944 bits per heavy atom. The van der Waals surface area contributed by atoms with Gasteiger partial charge in [-0.25, -0.2) is 0 Å². The van der Waals surface area contributed by atoms with Crippen LogP contribution in [-0.2, 0) is 31.9 Å². The largest absolute Gasteiger partial charge is 0.508 e. The molecular weight excluding hydrogens is 460 g/mol. The SMILES string of the molecule is CCOCCOCCNC(=O)C(Cc1c[nH]c2ccc(O)cc12)NC(=O)Cc1c[nH]c2ccccc12. The molecule has 0 fully saturated rings. The Balaban J connectivity index is 1.43. The van der Waals surface area contributed by atoms with Gasteiger partial charge in [0.2, 0.25) is 11.8 Å². The molecule has 4 aromatic rings. The summed E-state index contributed by atoms with van der Waals surface area (Å²) in [6.45, 7) is 4.16. The predicted octanol–water partition coefficient (Wildman–Crippen LogP) is 2.79. The van der Waals surface area contributed by atoms with Crippen molar-refractivity contribution in [3.63, 3.8) is 0 Å². The maximum Gasteiger partial charge on any atom is 0.243 e. The molecule has 0 saturated heterocycles. The summed E-state index contributed by atoms with van der Waals surface area (Å²) < 4.78 is 10.7. The Labute approximate surface area is 209 Å². The number of aromatic nitrogens is 2. The highest BCUT2D eigenvalue weighted by Gasteiger charge is 2.23. The first-order chi connectivity index (χ1) is 17.5. The topological polar surface area (TPSA) is 128 Å². The van der Waals surface area contributed by atoms with Gasteiger partial charge in [-0.1, -0.05) is 18.2 Å². The van der Waals surface area contributed by atoms with Crippen molar-refractivity contribution >= 4 is 33.6 Å². The van der Waals surface area contributed by atoms with E-state index in [1.807, 2.05) is 37.4 Å². The molecule has 0 radical (unpaired) electrons. The number of phenols is 1. The smallest absolute Gasteiger partial charge is 0.243 e. The highest BCUT2D eigenvalue weighted by Crippen LogP contribution is 2.24. The molecule has 36 heavy (non-hydrogen) atoms. The summed E-state index contributed by atoms with van der Waals surface area (Å²) in [5.41, 5.74) is 3.48. The first-order valence-corrected chi connectivity index (χ1v) is 12.1. The van der Waals surface area contributed by atoms with Crippen LogP contribution in [0.2, 0.25) is 0 Å². The van der Waals surface area contributed by atoms with Crippen LogP contribution in [0, 0.1) is 0 Å². The number of amides is 2. The van der Waals surface area contributed by atoms with E-state index in [0.717, 1.165) is 32.9 Å². The summed E-state index contributed by atoms with van der Waals surface area (Å²) in [4.78, 5) is 32.4. The molecule has 0 aliphatic carbocycles. The first-order valence-electron chi connectivity index (χ1n) is 12.1. The summed E-state index contributed by atoms with van der Waals surface area (Å²) in [6.07, 6.45) is 4.03. The third-order valence-corrected chi connectivity index (χ3v) is 5.97. The molecule has 4 rings (SSSR count). The lowest BCUT2D eigenvalue weighted by atomic mass is 10.0. The van der Waals surface area contributed by atoms with Gasteiger partial charge in [0.1, 0.15) is 11.8 Å². The maximum atomic E-state index is 13.1. The van der Waals surface area contributed by atoms with Gasteiger partial charge < -0.3 is 35.2 Å². The number of phenolic OH excluding ortho intramolecular Hbond substituents is 1. The molecule has 0 spiro atoms. The molecule has 9 heteroatoms. The summed E-state index contributed by atoms with van der Waals surface area (Å²) in [7, 11) is 0. The van der Waals surface area contributed by atoms with Crippen molar-refractivity contribution in [2.24, 2.45) is 0 Å². The van der Waals surface area contributed by atoms with Crippen LogP contribution in [0.4, 0.5) is 0 Å². The van der Waals surface area contributed by atoms with Crippen LogP contribution in [0.25, 0.3) is 21.8 Å². The van der Waals surface area contributed by atoms with Gasteiger partial charge in [-0.05, 0) is 42.3 Å². The van der Waals surface area contributed by atoms with Crippen LogP contribution in [0.15, 0.2) is 54.9 Å². The maximum absolute atomic E-state index is 13.1. The van der Waals surface area contributed by atoms with Crippen molar-refractivity contribution < 1.29 is 24.2 Å². The summed E-state index contributed by atoms with van der Waals surface area (Å²) >= 11 is 0. The van der Waals surface area contributed by atoms with Crippen LogP contribution in [-0.4, -0.2) is 65.9 Å². The van der Waals surface area contributed by atoms with Crippen LogP contribution in [0.5, 0.6) is 5.75 Å². The molecule has 1 atom stereocenters. The van der Waals surface area contributed by atoms with Crippen molar-refractivity contribution in [1.29, 1.82) is 0 Å². The van der Waals surface area contributed by atoms with Gasteiger partial charge in [0.05, 0.1) is 26.2 Å². The number of carbonyl (C=O) groups excluding carboxylic acids is 2. The number of para-hydroxylation sites is 1. The van der Waals surface area contributed by atoms with E-state index in [2.05, 4.69) is 20.6 Å². The number of rotatable bonds is 13. The normalized spacial score (nSPS) is 12.1. The standard InChI is InChI=1S/C27H32N4O5/c1-2-35-11-12-36-10-9-28-27(34)25(13-18-16-30-24-8-7-20(32)15-22(18)24)31-26(33)14-19-17-29-23-6-4-3-5-21(19)23/h3-8,15-17,25,29-30,32H,2,9-14H2,1H3,(H,28,34)(H,31,33). The van der Waals surface area contributed by atoms with E-state index in [4.69, 9.17) is 9.47 Å². The Kier molecular flexibility index (Phi) is 8.59. The minimum absolute atomic E-state index is 0.136. The number of H-pyrrole nitrogens is 2. The zero-order chi connectivity index (χ0) is 25.3. The van der Waals surface area contributed by atoms with E-state index in [0.29, 0.717) is 33.0 Å². The van der Waals surface area contributed by atoms with E-state index in [1.165, 1.54) is 0 Å². The predicted molar refractivity (Wildman–Crippen MR) is 138 cm³/mol. The molecule has 9 nitrogen and oxygen atoms in total. The lowest BCUT2D eigenvalue weighted by Gasteiger charge is -2.18. The van der Waals surface area contributed by atoms with Crippen molar-refractivity contribution in [3.05, 3.63) is 66.0 Å². The van der Waals surface area contributed by atoms with E-state index >= 15 is 0 Å². The average Bonchev–Trinajstić information content (AvgIpc) is 3.46. The zero-order valence-electron chi connectivity index (χ0n) is 20.3. The molecule has 2 amide bonds. The van der Waals surface area contributed by atoms with E-state index in [9.17, 15) is 14.7 Å². The fraction of sp³-hybridized carbons (Fsp3) is 0.333. The molecule has 0 bridgehead atoms. The second-order valence-corrected chi connectivity index (χ2v) is 8.50. The number of ether oxygens (including phenoxy) is 2. The molecule has 2 heterocycles. The molecule has 2 aromatic carbocycles. The number of hydrogen-bond donors (Lipinski definition) is 5. The van der Waals surface area contributed by atoms with Crippen LogP contribution in [0.3, 0.4) is 0 Å². The molecule has 5 N–H and O–H groups in total. The fourth-order valence-corrected chi connectivity index (χ4v) is 4.19. The van der Waals surface area contributed by atoms with E-state index in [1.54, 1.807) is 24.4 Å². The molecular formula is C27H32N4O5. The number of aromatic amines is 2. The number of carbonyl (C=O) groups is 2. The highest BCUT2D eigenvalue weighted by molar-refractivity contribution is 5.92. The first kappa shape index (κ1) is 25.3.